The van der Waals surface area contributed by atoms with Gasteiger partial charge in [-0.15, -0.1) is 0 Å². The van der Waals surface area contributed by atoms with Crippen molar-refractivity contribution >= 4 is 11.8 Å². The topological polar surface area (TPSA) is 87.8 Å². The maximum absolute atomic E-state index is 13.1. The van der Waals surface area contributed by atoms with Crippen LogP contribution in [0.15, 0.2) is 30.3 Å². The van der Waals surface area contributed by atoms with Crippen molar-refractivity contribution in [2.24, 2.45) is 5.92 Å². The number of nitrogens with one attached hydrogen (secondary N) is 1. The molecule has 33 heavy (non-hydrogen) atoms. The standard InChI is InChI=1S/C25H34N4O4/c1-18-22(19(2)27-26-18)8-9-24(30)29-11-10-23(33-21-6-4-3-5-7-21)20(17-29)16-25(31)28-12-14-32-15-13-28/h3-7,20,23H,8-17H2,1-2H3,(H,26,27)/t20-,23-/m0/s1. The average Bonchev–Trinajstić information content (AvgIpc) is 3.16. The van der Waals surface area contributed by atoms with Crippen LogP contribution in [0.5, 0.6) is 5.75 Å². The van der Waals surface area contributed by atoms with E-state index in [4.69, 9.17) is 9.47 Å². The molecule has 0 bridgehead atoms. The summed E-state index contributed by atoms with van der Waals surface area (Å²) >= 11 is 0. The van der Waals surface area contributed by atoms with E-state index in [2.05, 4.69) is 10.2 Å². The smallest absolute Gasteiger partial charge is 0.223 e. The van der Waals surface area contributed by atoms with Crippen molar-refractivity contribution in [3.8, 4) is 5.75 Å². The molecular weight excluding hydrogens is 420 g/mol. The monoisotopic (exact) mass is 454 g/mol. The number of aryl methyl sites for hydroxylation is 2. The van der Waals surface area contributed by atoms with Crippen LogP contribution in [0.25, 0.3) is 0 Å². The second-order valence-corrected chi connectivity index (χ2v) is 8.97. The summed E-state index contributed by atoms with van der Waals surface area (Å²) in [6.45, 7) is 7.54. The lowest BCUT2D eigenvalue weighted by molar-refractivity contribution is -0.141. The Balaban J connectivity index is 1.41. The van der Waals surface area contributed by atoms with Crippen LogP contribution in [0.2, 0.25) is 0 Å². The molecule has 8 nitrogen and oxygen atoms in total. The fourth-order valence-electron chi connectivity index (χ4n) is 4.76. The van der Waals surface area contributed by atoms with Crippen LogP contribution >= 0.6 is 0 Å². The van der Waals surface area contributed by atoms with E-state index in [0.29, 0.717) is 65.1 Å². The SMILES string of the molecule is Cc1n[nH]c(C)c1CCC(=O)N1CC[C@H](Oc2ccccc2)[C@@H](CC(=O)N2CCOCC2)C1. The molecule has 2 amide bonds. The number of morpholine rings is 1. The Hall–Kier alpha value is -2.87. The number of carbonyl (C=O) groups excluding carboxylic acids is 2. The Labute approximate surface area is 195 Å². The van der Waals surface area contributed by atoms with Crippen molar-refractivity contribution < 1.29 is 19.1 Å². The van der Waals surface area contributed by atoms with Crippen LogP contribution in [0.4, 0.5) is 0 Å². The number of hydrogen-bond donors (Lipinski definition) is 1. The number of likely N-dealkylation sites (tertiary alicyclic amines) is 1. The Morgan fingerprint density at radius 1 is 1.09 bits per heavy atom. The minimum atomic E-state index is -0.0974. The summed E-state index contributed by atoms with van der Waals surface area (Å²) in [6, 6.07) is 9.72. The maximum Gasteiger partial charge on any atom is 0.223 e. The van der Waals surface area contributed by atoms with E-state index >= 15 is 0 Å². The quantitative estimate of drug-likeness (QED) is 0.695. The van der Waals surface area contributed by atoms with E-state index in [9.17, 15) is 9.59 Å². The molecular formula is C25H34N4O4. The van der Waals surface area contributed by atoms with Crippen LogP contribution in [-0.4, -0.2) is 77.3 Å². The highest BCUT2D eigenvalue weighted by atomic mass is 16.5. The first kappa shape index (κ1) is 23.3. The van der Waals surface area contributed by atoms with Crippen LogP contribution in [0.1, 0.15) is 36.2 Å². The number of hydrogen-bond acceptors (Lipinski definition) is 5. The highest BCUT2D eigenvalue weighted by molar-refractivity contribution is 5.78. The molecule has 0 aliphatic carbocycles. The molecule has 2 aromatic rings. The summed E-state index contributed by atoms with van der Waals surface area (Å²) in [7, 11) is 0. The Bertz CT molecular complexity index is 920. The largest absolute Gasteiger partial charge is 0.490 e. The fourth-order valence-corrected chi connectivity index (χ4v) is 4.76. The predicted molar refractivity (Wildman–Crippen MR) is 124 cm³/mol. The van der Waals surface area contributed by atoms with Crippen LogP contribution in [-0.2, 0) is 20.7 Å². The molecule has 178 valence electrons. The zero-order valence-electron chi connectivity index (χ0n) is 19.6. The molecule has 0 saturated carbocycles. The lowest BCUT2D eigenvalue weighted by atomic mass is 9.90. The summed E-state index contributed by atoms with van der Waals surface area (Å²) in [5, 5.41) is 7.21. The number of carbonyl (C=O) groups is 2. The molecule has 0 spiro atoms. The van der Waals surface area contributed by atoms with Gasteiger partial charge in [0, 0.05) is 57.1 Å². The average molecular weight is 455 g/mol. The van der Waals surface area contributed by atoms with Gasteiger partial charge in [0.15, 0.2) is 0 Å². The van der Waals surface area contributed by atoms with E-state index < -0.39 is 0 Å². The third-order valence-electron chi connectivity index (χ3n) is 6.72. The molecule has 1 aromatic heterocycles. The number of para-hydroxylation sites is 1. The summed E-state index contributed by atoms with van der Waals surface area (Å²) in [4.78, 5) is 29.8. The van der Waals surface area contributed by atoms with Gasteiger partial charge in [0.1, 0.15) is 11.9 Å². The fraction of sp³-hybridized carbons (Fsp3) is 0.560. The third-order valence-corrected chi connectivity index (χ3v) is 6.72. The van der Waals surface area contributed by atoms with Gasteiger partial charge in [-0.2, -0.15) is 5.10 Å². The lowest BCUT2D eigenvalue weighted by Crippen LogP contribution is -2.50. The Kier molecular flexibility index (Phi) is 7.65. The van der Waals surface area contributed by atoms with Crippen molar-refractivity contribution in [2.45, 2.75) is 45.6 Å². The molecule has 1 aromatic carbocycles. The molecule has 8 heteroatoms. The van der Waals surface area contributed by atoms with E-state index in [1.165, 1.54) is 0 Å². The van der Waals surface area contributed by atoms with Gasteiger partial charge in [-0.3, -0.25) is 14.7 Å². The predicted octanol–water partition coefficient (Wildman–Crippen LogP) is 2.50. The molecule has 0 unspecified atom stereocenters. The number of benzene rings is 1. The number of ether oxygens (including phenoxy) is 2. The Morgan fingerprint density at radius 3 is 2.55 bits per heavy atom. The van der Waals surface area contributed by atoms with Crippen molar-refractivity contribution in [3.05, 3.63) is 47.3 Å². The highest BCUT2D eigenvalue weighted by Gasteiger charge is 2.35. The Morgan fingerprint density at radius 2 is 1.85 bits per heavy atom. The lowest BCUT2D eigenvalue weighted by Gasteiger charge is -2.39. The minimum absolute atomic E-state index is 0.0457. The molecule has 4 rings (SSSR count). The van der Waals surface area contributed by atoms with Gasteiger partial charge in [-0.05, 0) is 38.0 Å². The molecule has 0 radical (unpaired) electrons. The number of H-pyrrole nitrogens is 1. The molecule has 2 atom stereocenters. The van der Waals surface area contributed by atoms with Gasteiger partial charge in [-0.25, -0.2) is 0 Å². The van der Waals surface area contributed by atoms with Crippen molar-refractivity contribution in [1.82, 2.24) is 20.0 Å². The van der Waals surface area contributed by atoms with Gasteiger partial charge in [0.2, 0.25) is 11.8 Å². The normalized spacial score (nSPS) is 21.2. The van der Waals surface area contributed by atoms with Crippen molar-refractivity contribution in [2.75, 3.05) is 39.4 Å². The summed E-state index contributed by atoms with van der Waals surface area (Å²) in [5.74, 6) is 0.994. The van der Waals surface area contributed by atoms with Gasteiger partial charge >= 0.3 is 0 Å². The zero-order chi connectivity index (χ0) is 23.2. The summed E-state index contributed by atoms with van der Waals surface area (Å²) in [6.07, 6.45) is 2.10. The molecule has 1 N–H and O–H groups in total. The van der Waals surface area contributed by atoms with E-state index in [-0.39, 0.29) is 23.8 Å². The number of piperidine rings is 1. The number of aromatic amines is 1. The molecule has 2 saturated heterocycles. The summed E-state index contributed by atoms with van der Waals surface area (Å²) in [5.41, 5.74) is 3.08. The van der Waals surface area contributed by atoms with E-state index in [1.54, 1.807) is 0 Å². The zero-order valence-corrected chi connectivity index (χ0v) is 19.6. The van der Waals surface area contributed by atoms with Crippen LogP contribution < -0.4 is 4.74 Å². The third kappa shape index (κ3) is 5.93. The second-order valence-electron chi connectivity index (χ2n) is 8.97. The second kappa shape index (κ2) is 10.8. The van der Waals surface area contributed by atoms with Crippen LogP contribution in [0, 0.1) is 19.8 Å². The number of nitrogens with zero attached hydrogens (tertiary/aromatic N) is 3. The van der Waals surface area contributed by atoms with E-state index in [1.807, 2.05) is 54.0 Å². The van der Waals surface area contributed by atoms with Crippen molar-refractivity contribution in [3.63, 3.8) is 0 Å². The molecule has 2 aliphatic rings. The maximum atomic E-state index is 13.1. The summed E-state index contributed by atoms with van der Waals surface area (Å²) < 4.78 is 11.7. The van der Waals surface area contributed by atoms with E-state index in [0.717, 1.165) is 22.7 Å². The highest BCUT2D eigenvalue weighted by Crippen LogP contribution is 2.27. The van der Waals surface area contributed by atoms with Gasteiger partial charge in [0.05, 0.1) is 18.9 Å². The number of rotatable bonds is 7. The number of aromatic nitrogens is 2. The number of amides is 2. The van der Waals surface area contributed by atoms with Gasteiger partial charge < -0.3 is 19.3 Å². The molecule has 3 heterocycles. The molecule has 2 fully saturated rings. The first-order valence-electron chi connectivity index (χ1n) is 11.9. The first-order valence-corrected chi connectivity index (χ1v) is 11.9. The molecule has 2 aliphatic heterocycles. The minimum Gasteiger partial charge on any atom is -0.490 e. The van der Waals surface area contributed by atoms with Gasteiger partial charge in [0.25, 0.3) is 0 Å². The van der Waals surface area contributed by atoms with Gasteiger partial charge in [-0.1, -0.05) is 18.2 Å². The first-order chi connectivity index (χ1) is 16.0. The van der Waals surface area contributed by atoms with Crippen molar-refractivity contribution in [1.29, 1.82) is 0 Å². The van der Waals surface area contributed by atoms with Crippen LogP contribution in [0.3, 0.4) is 0 Å².